The number of benzene rings is 2. The number of amides is 2. The van der Waals surface area contributed by atoms with Gasteiger partial charge in [-0.25, -0.2) is 8.42 Å². The number of rotatable bonds is 8. The minimum Gasteiger partial charge on any atom is -0.497 e. The molecule has 2 amide bonds. The Morgan fingerprint density at radius 3 is 2.66 bits per heavy atom. The van der Waals surface area contributed by atoms with Crippen LogP contribution in [-0.4, -0.2) is 70.7 Å². The molecule has 11 heteroatoms. The Morgan fingerprint density at radius 1 is 1.07 bits per heavy atom. The number of sulfonamides is 1. The molecule has 2 heterocycles. The molecule has 1 aliphatic carbocycles. The Bertz CT molecular complexity index is 1360. The lowest BCUT2D eigenvalue weighted by atomic mass is 9.89. The molecule has 0 aromatic heterocycles. The van der Waals surface area contributed by atoms with Crippen molar-refractivity contribution in [2.24, 2.45) is 5.92 Å². The number of nitrogens with zero attached hydrogens (tertiary/aromatic N) is 1. The van der Waals surface area contributed by atoms with Crippen LogP contribution in [0.3, 0.4) is 0 Å². The maximum Gasteiger partial charge on any atom is 0.262 e. The number of methoxy groups -OCH3 is 1. The maximum absolute atomic E-state index is 13.5. The molecule has 1 saturated heterocycles. The molecule has 3 aliphatic rings. The Labute approximate surface area is 241 Å². The van der Waals surface area contributed by atoms with E-state index in [1.165, 1.54) is 57.4 Å². The van der Waals surface area contributed by atoms with Crippen molar-refractivity contribution < 1.29 is 32.2 Å². The van der Waals surface area contributed by atoms with Gasteiger partial charge in [-0.1, -0.05) is 25.3 Å². The van der Waals surface area contributed by atoms with Crippen LogP contribution < -0.4 is 19.5 Å². The first-order chi connectivity index (χ1) is 19.7. The van der Waals surface area contributed by atoms with Gasteiger partial charge in [-0.2, -0.15) is 0 Å². The van der Waals surface area contributed by atoms with Gasteiger partial charge in [0.15, 0.2) is 0 Å². The Morgan fingerprint density at radius 2 is 1.88 bits per heavy atom. The highest BCUT2D eigenvalue weighted by molar-refractivity contribution is 7.92. The van der Waals surface area contributed by atoms with E-state index in [1.807, 2.05) is 0 Å². The lowest BCUT2D eigenvalue weighted by molar-refractivity contribution is -0.134. The van der Waals surface area contributed by atoms with Crippen molar-refractivity contribution in [2.75, 3.05) is 32.0 Å². The smallest absolute Gasteiger partial charge is 0.262 e. The molecule has 5 rings (SSSR count). The van der Waals surface area contributed by atoms with E-state index in [0.717, 1.165) is 6.54 Å². The molecule has 1 saturated carbocycles. The van der Waals surface area contributed by atoms with E-state index in [0.29, 0.717) is 36.7 Å². The standard InChI is InChI=1S/C30H39N3O7S/c1-33-26-13-12-23(17-29(34)31-18-20-7-4-3-5-8-20)40-28(26)19-39-27-14-11-21(15-25(27)30(33)35)32-41(36,37)24-10-6-9-22(16-24)38-2/h6,9-11,14-16,20,23,26,28,32H,3-5,7-8,12-13,17-19H2,1-2H3,(H,31,34)/t23-,26-,28+/m1/s1. The van der Waals surface area contributed by atoms with Gasteiger partial charge in [0.1, 0.15) is 24.2 Å². The van der Waals surface area contributed by atoms with Gasteiger partial charge in [0, 0.05) is 25.3 Å². The van der Waals surface area contributed by atoms with Gasteiger partial charge >= 0.3 is 0 Å². The summed E-state index contributed by atoms with van der Waals surface area (Å²) in [6.07, 6.45) is 7.14. The molecular weight excluding hydrogens is 546 g/mol. The predicted molar refractivity (Wildman–Crippen MR) is 154 cm³/mol. The first-order valence-electron chi connectivity index (χ1n) is 14.4. The van der Waals surface area contributed by atoms with E-state index < -0.39 is 10.0 Å². The second-order valence-corrected chi connectivity index (χ2v) is 12.9. The fraction of sp³-hybridized carbons (Fsp3) is 0.533. The molecule has 41 heavy (non-hydrogen) atoms. The first kappa shape index (κ1) is 29.2. The zero-order valence-corrected chi connectivity index (χ0v) is 24.5. The van der Waals surface area contributed by atoms with Gasteiger partial charge < -0.3 is 24.4 Å². The molecule has 2 fully saturated rings. The van der Waals surface area contributed by atoms with Crippen LogP contribution in [0.2, 0.25) is 0 Å². The van der Waals surface area contributed by atoms with Crippen LogP contribution >= 0.6 is 0 Å². The Kier molecular flexibility index (Phi) is 9.03. The molecule has 2 aromatic carbocycles. The third-order valence-corrected chi connectivity index (χ3v) is 9.72. The summed E-state index contributed by atoms with van der Waals surface area (Å²) in [4.78, 5) is 27.9. The van der Waals surface area contributed by atoms with Crippen molar-refractivity contribution >= 4 is 27.5 Å². The molecule has 0 radical (unpaired) electrons. The molecule has 0 unspecified atom stereocenters. The normalized spacial score (nSPS) is 23.3. The van der Waals surface area contributed by atoms with E-state index in [-0.39, 0.29) is 52.8 Å². The SMILES string of the molecule is COc1cccc(S(=O)(=O)Nc2ccc3c(c2)C(=O)N(C)[C@@H]2CC[C@H](CC(=O)NCC4CCCCC4)O[C@H]2CO3)c1. The number of carbonyl (C=O) groups excluding carboxylic acids is 2. The van der Waals surface area contributed by atoms with Crippen LogP contribution in [0.25, 0.3) is 0 Å². The molecular formula is C30H39N3O7S. The number of likely N-dealkylation sites (N-methyl/N-ethyl adjacent to an activating group) is 1. The maximum atomic E-state index is 13.5. The Hall–Kier alpha value is -3.31. The second kappa shape index (κ2) is 12.7. The summed E-state index contributed by atoms with van der Waals surface area (Å²) in [5.74, 6) is 1.05. The zero-order valence-electron chi connectivity index (χ0n) is 23.6. The molecule has 0 bridgehead atoms. The van der Waals surface area contributed by atoms with Crippen LogP contribution in [-0.2, 0) is 19.6 Å². The van der Waals surface area contributed by atoms with Crippen molar-refractivity contribution in [3.63, 3.8) is 0 Å². The van der Waals surface area contributed by atoms with Crippen molar-refractivity contribution in [1.29, 1.82) is 0 Å². The molecule has 10 nitrogen and oxygen atoms in total. The second-order valence-electron chi connectivity index (χ2n) is 11.2. The molecule has 3 atom stereocenters. The van der Waals surface area contributed by atoms with Crippen molar-refractivity contribution in [3.05, 3.63) is 48.0 Å². The summed E-state index contributed by atoms with van der Waals surface area (Å²) in [6.45, 7) is 0.941. The van der Waals surface area contributed by atoms with Crippen LogP contribution in [0.15, 0.2) is 47.4 Å². The number of carbonyl (C=O) groups is 2. The highest BCUT2D eigenvalue weighted by Crippen LogP contribution is 2.33. The average Bonchev–Trinajstić information content (AvgIpc) is 2.98. The topological polar surface area (TPSA) is 123 Å². The Balaban J connectivity index is 1.23. The summed E-state index contributed by atoms with van der Waals surface area (Å²) < 4.78 is 46.0. The van der Waals surface area contributed by atoms with E-state index in [4.69, 9.17) is 14.2 Å². The summed E-state index contributed by atoms with van der Waals surface area (Å²) >= 11 is 0. The van der Waals surface area contributed by atoms with Gasteiger partial charge in [0.25, 0.3) is 15.9 Å². The number of fused-ring (bicyclic) bond motifs is 2. The number of nitrogens with one attached hydrogen (secondary N) is 2. The zero-order chi connectivity index (χ0) is 29.0. The van der Waals surface area contributed by atoms with Crippen LogP contribution in [0.1, 0.15) is 61.7 Å². The van der Waals surface area contributed by atoms with E-state index in [9.17, 15) is 18.0 Å². The number of anilines is 1. The summed E-state index contributed by atoms with van der Waals surface area (Å²) in [5.41, 5.74) is 0.509. The summed E-state index contributed by atoms with van der Waals surface area (Å²) in [6, 6.07) is 10.6. The average molecular weight is 586 g/mol. The van der Waals surface area contributed by atoms with E-state index in [2.05, 4.69) is 10.0 Å². The quantitative estimate of drug-likeness (QED) is 0.481. The lowest BCUT2D eigenvalue weighted by Gasteiger charge is -2.42. The minimum atomic E-state index is -3.91. The minimum absolute atomic E-state index is 0.00416. The number of ether oxygens (including phenoxy) is 3. The third kappa shape index (κ3) is 6.95. The molecule has 0 spiro atoms. The van der Waals surface area contributed by atoms with Crippen molar-refractivity contribution in [1.82, 2.24) is 10.2 Å². The number of hydrogen-bond acceptors (Lipinski definition) is 7. The first-order valence-corrected chi connectivity index (χ1v) is 15.8. The summed E-state index contributed by atoms with van der Waals surface area (Å²) in [7, 11) is -0.723. The highest BCUT2D eigenvalue weighted by Gasteiger charge is 2.39. The highest BCUT2D eigenvalue weighted by atomic mass is 32.2. The van der Waals surface area contributed by atoms with Gasteiger partial charge in [0.2, 0.25) is 5.91 Å². The third-order valence-electron chi connectivity index (χ3n) is 8.34. The van der Waals surface area contributed by atoms with Crippen LogP contribution in [0.4, 0.5) is 5.69 Å². The van der Waals surface area contributed by atoms with Gasteiger partial charge in [0.05, 0.1) is 36.1 Å². The largest absolute Gasteiger partial charge is 0.497 e. The van der Waals surface area contributed by atoms with Crippen molar-refractivity contribution in [3.8, 4) is 11.5 Å². The van der Waals surface area contributed by atoms with E-state index in [1.54, 1.807) is 36.2 Å². The fourth-order valence-corrected chi connectivity index (χ4v) is 7.09. The summed E-state index contributed by atoms with van der Waals surface area (Å²) in [5, 5.41) is 3.09. The van der Waals surface area contributed by atoms with Gasteiger partial charge in [-0.3, -0.25) is 14.3 Å². The van der Waals surface area contributed by atoms with Crippen molar-refractivity contribution in [2.45, 2.75) is 74.5 Å². The van der Waals surface area contributed by atoms with E-state index >= 15 is 0 Å². The van der Waals surface area contributed by atoms with Crippen LogP contribution in [0, 0.1) is 5.92 Å². The molecule has 2 aliphatic heterocycles. The van der Waals surface area contributed by atoms with Gasteiger partial charge in [-0.05, 0) is 61.9 Å². The predicted octanol–water partition coefficient (Wildman–Crippen LogP) is 3.96. The monoisotopic (exact) mass is 585 g/mol. The number of hydrogen-bond donors (Lipinski definition) is 2. The fourth-order valence-electron chi connectivity index (χ4n) is 6.00. The molecule has 2 aromatic rings. The molecule has 2 N–H and O–H groups in total. The molecule has 222 valence electrons. The van der Waals surface area contributed by atoms with Gasteiger partial charge in [-0.15, -0.1) is 0 Å². The lowest BCUT2D eigenvalue weighted by Crippen LogP contribution is -2.54. The van der Waals surface area contributed by atoms with Crippen LogP contribution in [0.5, 0.6) is 11.5 Å².